The standard InChI is InChI=1S/C4H5ClO3S/c1-2(3(6)7)9-4(5)8/h2H,1H3,(H,6,7). The zero-order valence-electron chi connectivity index (χ0n) is 4.63. The normalized spacial score (nSPS) is 12.7. The highest BCUT2D eigenvalue weighted by Gasteiger charge is 2.14. The van der Waals surface area contributed by atoms with E-state index in [0.717, 1.165) is 0 Å². The Kier molecular flexibility index (Phi) is 3.65. The van der Waals surface area contributed by atoms with Crippen LogP contribution < -0.4 is 0 Å². The topological polar surface area (TPSA) is 54.4 Å². The van der Waals surface area contributed by atoms with E-state index in [-0.39, 0.29) is 0 Å². The quantitative estimate of drug-likeness (QED) is 0.636. The van der Waals surface area contributed by atoms with Crippen LogP contribution in [0.4, 0.5) is 4.79 Å². The number of thioether (sulfide) groups is 1. The minimum atomic E-state index is -1.03. The first-order valence-electron chi connectivity index (χ1n) is 2.13. The summed E-state index contributed by atoms with van der Waals surface area (Å²) in [6.07, 6.45) is 0. The Morgan fingerprint density at radius 2 is 2.11 bits per heavy atom. The van der Waals surface area contributed by atoms with Crippen LogP contribution in [0.3, 0.4) is 0 Å². The van der Waals surface area contributed by atoms with E-state index < -0.39 is 15.8 Å². The molecule has 0 aromatic rings. The molecule has 0 heterocycles. The molecule has 3 nitrogen and oxygen atoms in total. The molecule has 0 fully saturated rings. The molecule has 0 spiro atoms. The Hall–Kier alpha value is -0.220. The number of carboxylic acid groups (broad SMARTS) is 1. The van der Waals surface area contributed by atoms with E-state index in [2.05, 4.69) is 0 Å². The number of hydrogen-bond acceptors (Lipinski definition) is 3. The van der Waals surface area contributed by atoms with E-state index in [9.17, 15) is 9.59 Å². The van der Waals surface area contributed by atoms with Crippen molar-refractivity contribution >= 4 is 33.9 Å². The lowest BCUT2D eigenvalue weighted by atomic mass is 10.5. The number of hydrogen-bond donors (Lipinski definition) is 1. The molecule has 1 unspecified atom stereocenters. The molecule has 0 saturated carbocycles. The van der Waals surface area contributed by atoms with E-state index in [1.165, 1.54) is 6.92 Å². The molecule has 0 aliphatic heterocycles. The summed E-state index contributed by atoms with van der Waals surface area (Å²) in [6.45, 7) is 1.40. The van der Waals surface area contributed by atoms with Crippen LogP contribution in [0.5, 0.6) is 0 Å². The summed E-state index contributed by atoms with van der Waals surface area (Å²) in [5.74, 6) is -1.03. The lowest BCUT2D eigenvalue weighted by molar-refractivity contribution is -0.136. The fraction of sp³-hybridized carbons (Fsp3) is 0.500. The van der Waals surface area contributed by atoms with Gasteiger partial charge in [-0.05, 0) is 18.5 Å². The van der Waals surface area contributed by atoms with Crippen LogP contribution in [0.1, 0.15) is 6.92 Å². The maximum Gasteiger partial charge on any atom is 0.316 e. The maximum atomic E-state index is 10.0. The van der Waals surface area contributed by atoms with Crippen LogP contribution in [-0.4, -0.2) is 20.9 Å². The zero-order chi connectivity index (χ0) is 7.44. The van der Waals surface area contributed by atoms with Gasteiger partial charge in [0.1, 0.15) is 5.25 Å². The molecule has 52 valence electrons. The minimum absolute atomic E-state index is 0.590. The first kappa shape index (κ1) is 8.78. The summed E-state index contributed by atoms with van der Waals surface area (Å²) in [6, 6.07) is 0. The van der Waals surface area contributed by atoms with Crippen LogP contribution in [0.25, 0.3) is 0 Å². The van der Waals surface area contributed by atoms with Crippen molar-refractivity contribution in [3.05, 3.63) is 0 Å². The molecule has 1 N–H and O–H groups in total. The number of carbonyl (C=O) groups is 2. The van der Waals surface area contributed by atoms with Gasteiger partial charge in [0.15, 0.2) is 0 Å². The van der Waals surface area contributed by atoms with E-state index in [1.54, 1.807) is 0 Å². The highest BCUT2D eigenvalue weighted by atomic mass is 35.5. The highest BCUT2D eigenvalue weighted by molar-refractivity contribution is 8.17. The predicted molar refractivity (Wildman–Crippen MR) is 35.9 cm³/mol. The van der Waals surface area contributed by atoms with Gasteiger partial charge in [0.05, 0.1) is 0 Å². The Bertz CT molecular complexity index is 136. The fourth-order valence-corrected chi connectivity index (χ4v) is 0.969. The van der Waals surface area contributed by atoms with Gasteiger partial charge in [0.25, 0.3) is 4.57 Å². The largest absolute Gasteiger partial charge is 0.480 e. The number of carboxylic acids is 1. The minimum Gasteiger partial charge on any atom is -0.480 e. The van der Waals surface area contributed by atoms with E-state index >= 15 is 0 Å². The summed E-state index contributed by atoms with van der Waals surface area (Å²) < 4.78 is -0.690. The Morgan fingerprint density at radius 1 is 1.67 bits per heavy atom. The lowest BCUT2D eigenvalue weighted by Crippen LogP contribution is -2.11. The third-order valence-corrected chi connectivity index (χ3v) is 1.62. The smallest absolute Gasteiger partial charge is 0.316 e. The van der Waals surface area contributed by atoms with Gasteiger partial charge in [0, 0.05) is 0 Å². The number of aliphatic carboxylic acids is 1. The zero-order valence-corrected chi connectivity index (χ0v) is 6.20. The third-order valence-electron chi connectivity index (χ3n) is 0.617. The molecule has 0 bridgehead atoms. The first-order chi connectivity index (χ1) is 4.04. The lowest BCUT2D eigenvalue weighted by Gasteiger charge is -1.97. The maximum absolute atomic E-state index is 10.0. The van der Waals surface area contributed by atoms with E-state index in [4.69, 9.17) is 16.7 Å². The summed E-state index contributed by atoms with van der Waals surface area (Å²) in [5.41, 5.74) is 0. The van der Waals surface area contributed by atoms with Crippen LogP contribution >= 0.6 is 23.4 Å². The van der Waals surface area contributed by atoms with Gasteiger partial charge in [-0.15, -0.1) is 0 Å². The molecule has 0 rings (SSSR count). The van der Waals surface area contributed by atoms with Crippen molar-refractivity contribution in [2.75, 3.05) is 0 Å². The number of halogens is 1. The van der Waals surface area contributed by atoms with Crippen molar-refractivity contribution in [2.24, 2.45) is 0 Å². The summed E-state index contributed by atoms with van der Waals surface area (Å²) in [7, 11) is 0. The van der Waals surface area contributed by atoms with Crippen LogP contribution in [0.15, 0.2) is 0 Å². The van der Waals surface area contributed by atoms with Crippen molar-refractivity contribution < 1.29 is 14.7 Å². The van der Waals surface area contributed by atoms with Crippen molar-refractivity contribution in [2.45, 2.75) is 12.2 Å². The number of carbonyl (C=O) groups excluding carboxylic acids is 1. The Balaban J connectivity index is 3.63. The van der Waals surface area contributed by atoms with Gasteiger partial charge in [-0.3, -0.25) is 9.59 Å². The van der Waals surface area contributed by atoms with Gasteiger partial charge in [-0.2, -0.15) is 0 Å². The van der Waals surface area contributed by atoms with Gasteiger partial charge < -0.3 is 5.11 Å². The van der Waals surface area contributed by atoms with E-state index in [0.29, 0.717) is 11.8 Å². The van der Waals surface area contributed by atoms with Crippen molar-refractivity contribution in [1.82, 2.24) is 0 Å². The van der Waals surface area contributed by atoms with Crippen LogP contribution in [0.2, 0.25) is 0 Å². The molecule has 0 amide bonds. The van der Waals surface area contributed by atoms with Gasteiger partial charge in [-0.25, -0.2) is 0 Å². The molecule has 9 heavy (non-hydrogen) atoms. The Labute approximate surface area is 61.4 Å². The van der Waals surface area contributed by atoms with Crippen LogP contribution in [-0.2, 0) is 4.79 Å². The van der Waals surface area contributed by atoms with Crippen LogP contribution in [0, 0.1) is 0 Å². The molecule has 0 aromatic carbocycles. The second kappa shape index (κ2) is 3.74. The fourth-order valence-electron chi connectivity index (χ4n) is 0.189. The summed E-state index contributed by atoms with van der Waals surface area (Å²) >= 11 is 5.47. The molecule has 0 saturated heterocycles. The van der Waals surface area contributed by atoms with Crippen molar-refractivity contribution in [3.63, 3.8) is 0 Å². The average Bonchev–Trinajstić information content (AvgIpc) is 1.63. The van der Waals surface area contributed by atoms with Crippen molar-refractivity contribution in [3.8, 4) is 0 Å². The van der Waals surface area contributed by atoms with Gasteiger partial charge in [0.2, 0.25) is 0 Å². The van der Waals surface area contributed by atoms with Gasteiger partial charge >= 0.3 is 5.97 Å². The first-order valence-corrected chi connectivity index (χ1v) is 3.38. The summed E-state index contributed by atoms with van der Waals surface area (Å²) in [4.78, 5) is 20.0. The second-order valence-electron chi connectivity index (χ2n) is 1.34. The Morgan fingerprint density at radius 3 is 2.22 bits per heavy atom. The molecule has 0 aliphatic rings. The molecule has 5 heteroatoms. The molecular weight excluding hydrogens is 164 g/mol. The van der Waals surface area contributed by atoms with Crippen molar-refractivity contribution in [1.29, 1.82) is 0 Å². The molecule has 0 aromatic heterocycles. The molecule has 0 radical (unpaired) electrons. The predicted octanol–water partition coefficient (Wildman–Crippen LogP) is 1.55. The second-order valence-corrected chi connectivity index (χ2v) is 3.22. The number of rotatable bonds is 2. The van der Waals surface area contributed by atoms with Gasteiger partial charge in [-0.1, -0.05) is 11.8 Å². The monoisotopic (exact) mass is 168 g/mol. The molecular formula is C4H5ClO3S. The highest BCUT2D eigenvalue weighted by Crippen LogP contribution is 2.14. The third kappa shape index (κ3) is 4.29. The molecule has 1 atom stereocenters. The van der Waals surface area contributed by atoms with E-state index in [1.807, 2.05) is 0 Å². The SMILES string of the molecule is CC(SC(=O)Cl)C(=O)O. The average molecular weight is 169 g/mol. The summed E-state index contributed by atoms with van der Waals surface area (Å²) in [5, 5.41) is 7.44. The molecule has 0 aliphatic carbocycles.